The van der Waals surface area contributed by atoms with E-state index in [0.717, 1.165) is 27.5 Å². The van der Waals surface area contributed by atoms with Crippen LogP contribution in [0.25, 0.3) is 11.3 Å². The maximum atomic E-state index is 12.6. The average Bonchev–Trinajstić information content (AvgIpc) is 3.13. The number of thiazole rings is 1. The van der Waals surface area contributed by atoms with E-state index in [0.29, 0.717) is 21.3 Å². The van der Waals surface area contributed by atoms with Gasteiger partial charge in [0.05, 0.1) is 12.3 Å². The van der Waals surface area contributed by atoms with Crippen molar-refractivity contribution in [2.45, 2.75) is 18.7 Å². The fraction of sp³-hybridized carbons (Fsp3) is 0.190. The van der Waals surface area contributed by atoms with E-state index in [-0.39, 0.29) is 12.5 Å². The molecule has 2 aromatic carbocycles. The first-order valence-electron chi connectivity index (χ1n) is 8.90. The quantitative estimate of drug-likeness (QED) is 0.418. The van der Waals surface area contributed by atoms with Gasteiger partial charge in [-0.1, -0.05) is 48.6 Å². The predicted octanol–water partition coefficient (Wildman–Crippen LogP) is 5.35. The molecule has 3 rings (SSSR count). The van der Waals surface area contributed by atoms with Crippen LogP contribution in [0.15, 0.2) is 59.5 Å². The Kier molecular flexibility index (Phi) is 6.84. The number of hydrogen-bond acceptors (Lipinski definition) is 6. The highest BCUT2D eigenvalue weighted by atomic mass is 32.2. The second-order valence-electron chi connectivity index (χ2n) is 5.69. The van der Waals surface area contributed by atoms with Gasteiger partial charge in [-0.3, -0.25) is 10.1 Å². The Labute approximate surface area is 172 Å². The van der Waals surface area contributed by atoms with Crippen molar-refractivity contribution in [3.8, 4) is 11.3 Å². The van der Waals surface area contributed by atoms with Crippen molar-refractivity contribution in [3.63, 3.8) is 0 Å². The lowest BCUT2D eigenvalue weighted by atomic mass is 10.1. The lowest BCUT2D eigenvalue weighted by molar-refractivity contribution is 0.0532. The minimum atomic E-state index is -0.444. The number of rotatable bonds is 7. The molecule has 0 fully saturated rings. The molecular weight excluding hydrogens is 392 g/mol. The van der Waals surface area contributed by atoms with E-state index in [1.54, 1.807) is 30.8 Å². The van der Waals surface area contributed by atoms with Gasteiger partial charge in [0.1, 0.15) is 4.88 Å². The molecule has 7 heteroatoms. The molecule has 3 aromatic rings. The zero-order chi connectivity index (χ0) is 19.9. The van der Waals surface area contributed by atoms with Crippen molar-refractivity contribution in [3.05, 3.63) is 65.0 Å². The molecule has 0 bridgehead atoms. The molecule has 0 aliphatic rings. The maximum Gasteiger partial charge on any atom is 0.350 e. The number of nitrogens with zero attached hydrogens (tertiary/aromatic N) is 1. The number of ether oxygens (including phenoxy) is 1. The monoisotopic (exact) mass is 412 g/mol. The van der Waals surface area contributed by atoms with Gasteiger partial charge < -0.3 is 4.74 Å². The highest BCUT2D eigenvalue weighted by Gasteiger charge is 2.21. The molecule has 28 heavy (non-hydrogen) atoms. The molecule has 0 aliphatic carbocycles. The van der Waals surface area contributed by atoms with E-state index < -0.39 is 5.97 Å². The van der Waals surface area contributed by atoms with E-state index in [1.165, 1.54) is 0 Å². The zero-order valence-corrected chi connectivity index (χ0v) is 17.2. The van der Waals surface area contributed by atoms with Crippen LogP contribution in [0.1, 0.15) is 33.9 Å². The van der Waals surface area contributed by atoms with Crippen molar-refractivity contribution in [1.82, 2.24) is 4.98 Å². The minimum Gasteiger partial charge on any atom is -0.462 e. The molecule has 1 N–H and O–H groups in total. The molecular formula is C21H20N2O3S2. The summed E-state index contributed by atoms with van der Waals surface area (Å²) < 4.78 is 5.15. The van der Waals surface area contributed by atoms with Gasteiger partial charge in [-0.15, -0.1) is 11.8 Å². The smallest absolute Gasteiger partial charge is 0.350 e. The maximum absolute atomic E-state index is 12.6. The van der Waals surface area contributed by atoms with E-state index in [2.05, 4.69) is 17.2 Å². The van der Waals surface area contributed by atoms with Crippen molar-refractivity contribution in [1.29, 1.82) is 0 Å². The van der Waals surface area contributed by atoms with Gasteiger partial charge in [-0.2, -0.15) is 0 Å². The van der Waals surface area contributed by atoms with Crippen molar-refractivity contribution in [2.24, 2.45) is 0 Å². The summed E-state index contributed by atoms with van der Waals surface area (Å²) in [5, 5.41) is 3.15. The number of amides is 1. The molecule has 0 atom stereocenters. The summed E-state index contributed by atoms with van der Waals surface area (Å²) >= 11 is 2.83. The van der Waals surface area contributed by atoms with E-state index in [1.807, 2.05) is 42.5 Å². The Morgan fingerprint density at radius 2 is 1.79 bits per heavy atom. The van der Waals surface area contributed by atoms with Gasteiger partial charge in [0.25, 0.3) is 5.91 Å². The fourth-order valence-electron chi connectivity index (χ4n) is 2.54. The van der Waals surface area contributed by atoms with Crippen LogP contribution in [-0.4, -0.2) is 29.2 Å². The Balaban J connectivity index is 1.85. The Bertz CT molecular complexity index is 954. The Morgan fingerprint density at radius 3 is 2.43 bits per heavy atom. The molecule has 144 valence electrons. The van der Waals surface area contributed by atoms with Gasteiger partial charge in [0.15, 0.2) is 5.13 Å². The van der Waals surface area contributed by atoms with Crippen molar-refractivity contribution < 1.29 is 14.3 Å². The summed E-state index contributed by atoms with van der Waals surface area (Å²) in [4.78, 5) is 30.9. The number of aromatic nitrogens is 1. The van der Waals surface area contributed by atoms with E-state index in [9.17, 15) is 9.59 Å². The topological polar surface area (TPSA) is 68.3 Å². The van der Waals surface area contributed by atoms with Gasteiger partial charge in [-0.05, 0) is 36.9 Å². The third-order valence-corrected chi connectivity index (χ3v) is 5.63. The summed E-state index contributed by atoms with van der Waals surface area (Å²) in [5.41, 5.74) is 1.84. The predicted molar refractivity (Wildman–Crippen MR) is 114 cm³/mol. The van der Waals surface area contributed by atoms with Gasteiger partial charge in [-0.25, -0.2) is 9.78 Å². The molecule has 0 saturated carbocycles. The third-order valence-electron chi connectivity index (χ3n) is 3.78. The van der Waals surface area contributed by atoms with Gasteiger partial charge >= 0.3 is 5.97 Å². The molecule has 0 spiro atoms. The lowest BCUT2D eigenvalue weighted by Crippen LogP contribution is -2.11. The summed E-state index contributed by atoms with van der Waals surface area (Å²) in [6.07, 6.45) is 0. The highest BCUT2D eigenvalue weighted by molar-refractivity contribution is 7.99. The highest BCUT2D eigenvalue weighted by Crippen LogP contribution is 2.32. The van der Waals surface area contributed by atoms with Crippen LogP contribution in [0.3, 0.4) is 0 Å². The number of carbonyl (C=O) groups excluding carboxylic acids is 2. The zero-order valence-electron chi connectivity index (χ0n) is 15.6. The molecule has 0 unspecified atom stereocenters. The van der Waals surface area contributed by atoms with Crippen LogP contribution in [0.5, 0.6) is 0 Å². The number of nitrogens with one attached hydrogen (secondary N) is 1. The molecule has 0 saturated heterocycles. The van der Waals surface area contributed by atoms with Crippen LogP contribution in [0, 0.1) is 0 Å². The van der Waals surface area contributed by atoms with Crippen LogP contribution in [0.4, 0.5) is 5.13 Å². The number of thioether (sulfide) groups is 1. The average molecular weight is 413 g/mol. The van der Waals surface area contributed by atoms with Gasteiger partial charge in [0.2, 0.25) is 0 Å². The van der Waals surface area contributed by atoms with Gasteiger partial charge in [0, 0.05) is 16.0 Å². The number of carbonyl (C=O) groups is 2. The molecule has 1 amide bonds. The largest absolute Gasteiger partial charge is 0.462 e. The SMILES string of the molecule is CCOC(=O)c1sc(NC(=O)c2ccc(SCC)cc2)nc1-c1ccccc1. The summed E-state index contributed by atoms with van der Waals surface area (Å²) in [6.45, 7) is 4.11. The van der Waals surface area contributed by atoms with Crippen LogP contribution >= 0.6 is 23.1 Å². The molecule has 1 aromatic heterocycles. The number of hydrogen-bond donors (Lipinski definition) is 1. The summed E-state index contributed by atoms with van der Waals surface area (Å²) in [7, 11) is 0. The van der Waals surface area contributed by atoms with E-state index >= 15 is 0 Å². The normalized spacial score (nSPS) is 10.5. The third kappa shape index (κ3) is 4.79. The first-order chi connectivity index (χ1) is 13.6. The van der Waals surface area contributed by atoms with Crippen LogP contribution in [-0.2, 0) is 4.74 Å². The second kappa shape index (κ2) is 9.52. The lowest BCUT2D eigenvalue weighted by Gasteiger charge is -2.03. The van der Waals surface area contributed by atoms with Crippen LogP contribution in [0.2, 0.25) is 0 Å². The molecule has 0 radical (unpaired) electrons. The molecule has 0 aliphatic heterocycles. The first-order valence-corrected chi connectivity index (χ1v) is 10.7. The Hall–Kier alpha value is -2.64. The number of anilines is 1. The molecule has 1 heterocycles. The first kappa shape index (κ1) is 20.1. The summed E-state index contributed by atoms with van der Waals surface area (Å²) in [5.74, 6) is 0.265. The minimum absolute atomic E-state index is 0.267. The van der Waals surface area contributed by atoms with E-state index in [4.69, 9.17) is 4.74 Å². The standard InChI is InChI=1S/C21H20N2O3S2/c1-3-26-20(25)18-17(14-8-6-5-7-9-14)22-21(28-18)23-19(24)15-10-12-16(13-11-15)27-4-2/h5-13H,3-4H2,1-2H3,(H,22,23,24). The van der Waals surface area contributed by atoms with Crippen molar-refractivity contribution >= 4 is 40.1 Å². The molecule has 5 nitrogen and oxygen atoms in total. The second-order valence-corrected chi connectivity index (χ2v) is 8.03. The Morgan fingerprint density at radius 1 is 1.07 bits per heavy atom. The number of esters is 1. The summed E-state index contributed by atoms with van der Waals surface area (Å²) in [6, 6.07) is 16.8. The van der Waals surface area contributed by atoms with Crippen LogP contribution < -0.4 is 5.32 Å². The fourth-order valence-corrected chi connectivity index (χ4v) is 4.08. The van der Waals surface area contributed by atoms with Crippen molar-refractivity contribution in [2.75, 3.05) is 17.7 Å². The number of benzene rings is 2.